The number of rotatable bonds is 7. The molecule has 1 saturated heterocycles. The van der Waals surface area contributed by atoms with Crippen LogP contribution >= 0.6 is 0 Å². The summed E-state index contributed by atoms with van der Waals surface area (Å²) in [5.41, 5.74) is 1.19. The lowest BCUT2D eigenvalue weighted by Crippen LogP contribution is -2.46. The second-order valence-electron chi connectivity index (χ2n) is 7.43. The van der Waals surface area contributed by atoms with E-state index in [-0.39, 0.29) is 6.04 Å². The van der Waals surface area contributed by atoms with Gasteiger partial charge in [0.05, 0.1) is 19.3 Å². The molecule has 0 radical (unpaired) electrons. The lowest BCUT2D eigenvalue weighted by atomic mass is 10.1. The van der Waals surface area contributed by atoms with Gasteiger partial charge in [0.25, 0.3) is 0 Å². The van der Waals surface area contributed by atoms with Crippen LogP contribution in [0.5, 0.6) is 11.5 Å². The summed E-state index contributed by atoms with van der Waals surface area (Å²) < 4.78 is 22.3. The summed E-state index contributed by atoms with van der Waals surface area (Å²) in [4.78, 5) is 6.77. The molecule has 0 amide bonds. The number of ether oxygens (including phenoxy) is 3. The Morgan fingerprint density at radius 2 is 1.93 bits per heavy atom. The first-order valence-corrected chi connectivity index (χ1v) is 10.4. The Kier molecular flexibility index (Phi) is 6.76. The molecular weight excluding hydrogens is 384 g/mol. The standard InChI is InChI=1S/C22H30N4O4/c1-16-3-5-19(30-16)18(26-9-11-27-12-10-26)14-25-22(23-2)24-8-7-17-4-6-20-21(13-17)29-15-28-20/h3-6,13,18H,7-12,14-15H2,1-2H3,(H2,23,24,25). The molecule has 8 heteroatoms. The van der Waals surface area contributed by atoms with Crippen molar-refractivity contribution in [3.05, 3.63) is 47.4 Å². The minimum Gasteiger partial charge on any atom is -0.465 e. The first-order valence-electron chi connectivity index (χ1n) is 10.4. The molecule has 2 aliphatic heterocycles. The Morgan fingerprint density at radius 3 is 2.70 bits per heavy atom. The minimum atomic E-state index is 0.134. The maximum atomic E-state index is 5.94. The van der Waals surface area contributed by atoms with Crippen LogP contribution in [-0.4, -0.2) is 64.1 Å². The summed E-state index contributed by atoms with van der Waals surface area (Å²) in [5, 5.41) is 6.85. The van der Waals surface area contributed by atoms with Gasteiger partial charge in [-0.2, -0.15) is 0 Å². The predicted octanol–water partition coefficient (Wildman–Crippen LogP) is 2.10. The van der Waals surface area contributed by atoms with Gasteiger partial charge in [0.15, 0.2) is 17.5 Å². The van der Waals surface area contributed by atoms with E-state index in [0.717, 1.165) is 68.2 Å². The van der Waals surface area contributed by atoms with Crippen LogP contribution < -0.4 is 20.1 Å². The van der Waals surface area contributed by atoms with Crippen molar-refractivity contribution in [2.75, 3.05) is 53.2 Å². The van der Waals surface area contributed by atoms with Crippen LogP contribution in [0.1, 0.15) is 23.1 Å². The number of fused-ring (bicyclic) bond motifs is 1. The molecule has 1 unspecified atom stereocenters. The van der Waals surface area contributed by atoms with Gasteiger partial charge in [-0.1, -0.05) is 6.07 Å². The fourth-order valence-corrected chi connectivity index (χ4v) is 3.77. The topological polar surface area (TPSA) is 80.5 Å². The Labute approximate surface area is 177 Å². The van der Waals surface area contributed by atoms with Gasteiger partial charge in [0.1, 0.15) is 11.5 Å². The first-order chi connectivity index (χ1) is 14.7. The molecule has 8 nitrogen and oxygen atoms in total. The molecule has 2 N–H and O–H groups in total. The quantitative estimate of drug-likeness (QED) is 0.530. The molecule has 3 heterocycles. The van der Waals surface area contributed by atoms with E-state index in [4.69, 9.17) is 18.6 Å². The van der Waals surface area contributed by atoms with Crippen molar-refractivity contribution in [1.82, 2.24) is 15.5 Å². The molecule has 4 rings (SSSR count). The van der Waals surface area contributed by atoms with Crippen molar-refractivity contribution in [3.8, 4) is 11.5 Å². The van der Waals surface area contributed by atoms with Crippen LogP contribution in [0.2, 0.25) is 0 Å². The highest BCUT2D eigenvalue weighted by molar-refractivity contribution is 5.79. The second-order valence-corrected chi connectivity index (χ2v) is 7.43. The highest BCUT2D eigenvalue weighted by Gasteiger charge is 2.25. The Bertz CT molecular complexity index is 861. The summed E-state index contributed by atoms with van der Waals surface area (Å²) in [6, 6.07) is 10.3. The fourth-order valence-electron chi connectivity index (χ4n) is 3.77. The molecule has 2 aliphatic rings. The van der Waals surface area contributed by atoms with Crippen LogP contribution in [0.15, 0.2) is 39.7 Å². The maximum Gasteiger partial charge on any atom is 0.231 e. The fraction of sp³-hybridized carbons (Fsp3) is 0.500. The highest BCUT2D eigenvalue weighted by atomic mass is 16.7. The van der Waals surface area contributed by atoms with Crippen molar-refractivity contribution in [1.29, 1.82) is 0 Å². The van der Waals surface area contributed by atoms with E-state index >= 15 is 0 Å². The Hall–Kier alpha value is -2.71. The van der Waals surface area contributed by atoms with Crippen molar-refractivity contribution in [2.24, 2.45) is 4.99 Å². The molecular formula is C22H30N4O4. The zero-order valence-electron chi connectivity index (χ0n) is 17.6. The summed E-state index contributed by atoms with van der Waals surface area (Å²) in [7, 11) is 1.79. The van der Waals surface area contributed by atoms with E-state index < -0.39 is 0 Å². The third-order valence-corrected chi connectivity index (χ3v) is 5.41. The van der Waals surface area contributed by atoms with Crippen LogP contribution in [0.25, 0.3) is 0 Å². The number of benzene rings is 1. The number of furan rings is 1. The SMILES string of the molecule is CN=C(NCCc1ccc2c(c1)OCO2)NCC(c1ccc(C)o1)N1CCOCC1. The van der Waals surface area contributed by atoms with Gasteiger partial charge in [0.2, 0.25) is 6.79 Å². The number of nitrogens with one attached hydrogen (secondary N) is 2. The largest absolute Gasteiger partial charge is 0.465 e. The van der Waals surface area contributed by atoms with Gasteiger partial charge in [0, 0.05) is 33.2 Å². The lowest BCUT2D eigenvalue weighted by molar-refractivity contribution is 0.0124. The monoisotopic (exact) mass is 414 g/mol. The van der Waals surface area contributed by atoms with E-state index in [1.807, 2.05) is 25.1 Å². The first kappa shape index (κ1) is 20.6. The van der Waals surface area contributed by atoms with Gasteiger partial charge < -0.3 is 29.3 Å². The number of hydrogen-bond donors (Lipinski definition) is 2. The number of aliphatic imine (C=N–C) groups is 1. The molecule has 1 aromatic carbocycles. The molecule has 0 aliphatic carbocycles. The van der Waals surface area contributed by atoms with E-state index in [1.165, 1.54) is 5.56 Å². The lowest BCUT2D eigenvalue weighted by Gasteiger charge is -2.33. The zero-order chi connectivity index (χ0) is 20.8. The maximum absolute atomic E-state index is 5.94. The van der Waals surface area contributed by atoms with Crippen LogP contribution in [0.3, 0.4) is 0 Å². The van der Waals surface area contributed by atoms with E-state index in [0.29, 0.717) is 13.3 Å². The van der Waals surface area contributed by atoms with E-state index in [9.17, 15) is 0 Å². The highest BCUT2D eigenvalue weighted by Crippen LogP contribution is 2.32. The van der Waals surface area contributed by atoms with E-state index in [2.05, 4.69) is 32.7 Å². The summed E-state index contributed by atoms with van der Waals surface area (Å²) in [5.74, 6) is 4.30. The summed E-state index contributed by atoms with van der Waals surface area (Å²) in [6.45, 7) is 7.02. The molecule has 0 bridgehead atoms. The van der Waals surface area contributed by atoms with Gasteiger partial charge in [-0.15, -0.1) is 0 Å². The average molecular weight is 415 g/mol. The Balaban J connectivity index is 1.30. The molecule has 1 fully saturated rings. The summed E-state index contributed by atoms with van der Waals surface area (Å²) >= 11 is 0. The third-order valence-electron chi connectivity index (χ3n) is 5.41. The van der Waals surface area contributed by atoms with Gasteiger partial charge in [-0.3, -0.25) is 9.89 Å². The second kappa shape index (κ2) is 9.86. The van der Waals surface area contributed by atoms with Gasteiger partial charge in [-0.05, 0) is 43.2 Å². The minimum absolute atomic E-state index is 0.134. The summed E-state index contributed by atoms with van der Waals surface area (Å²) in [6.07, 6.45) is 0.863. The molecule has 0 spiro atoms. The molecule has 2 aromatic rings. The molecule has 1 aromatic heterocycles. The zero-order valence-corrected chi connectivity index (χ0v) is 17.6. The van der Waals surface area contributed by atoms with Crippen LogP contribution in [-0.2, 0) is 11.2 Å². The average Bonchev–Trinajstić information content (AvgIpc) is 3.42. The van der Waals surface area contributed by atoms with Crippen molar-refractivity contribution in [3.63, 3.8) is 0 Å². The smallest absolute Gasteiger partial charge is 0.231 e. The molecule has 30 heavy (non-hydrogen) atoms. The van der Waals surface area contributed by atoms with Crippen molar-refractivity contribution < 1.29 is 18.6 Å². The third kappa shape index (κ3) is 5.06. The normalized spacial score (nSPS) is 17.7. The van der Waals surface area contributed by atoms with Crippen molar-refractivity contribution >= 4 is 5.96 Å². The van der Waals surface area contributed by atoms with Crippen molar-refractivity contribution in [2.45, 2.75) is 19.4 Å². The predicted molar refractivity (Wildman–Crippen MR) is 114 cm³/mol. The van der Waals surface area contributed by atoms with Gasteiger partial charge >= 0.3 is 0 Å². The Morgan fingerprint density at radius 1 is 1.10 bits per heavy atom. The van der Waals surface area contributed by atoms with E-state index in [1.54, 1.807) is 7.05 Å². The number of guanidine groups is 1. The van der Waals surface area contributed by atoms with Crippen LogP contribution in [0, 0.1) is 6.92 Å². The number of hydrogen-bond acceptors (Lipinski definition) is 6. The molecule has 162 valence electrons. The van der Waals surface area contributed by atoms with Gasteiger partial charge in [-0.25, -0.2) is 0 Å². The number of aryl methyl sites for hydroxylation is 1. The molecule has 0 saturated carbocycles. The molecule has 1 atom stereocenters. The number of morpholine rings is 1. The number of nitrogens with zero attached hydrogens (tertiary/aromatic N) is 2. The van der Waals surface area contributed by atoms with Crippen LogP contribution in [0.4, 0.5) is 0 Å².